The summed E-state index contributed by atoms with van der Waals surface area (Å²) in [6.45, 7) is 7.81. The number of unbranched alkanes of at least 4 members (excludes halogenated alkanes) is 16. The molecule has 30 heavy (non-hydrogen) atoms. The summed E-state index contributed by atoms with van der Waals surface area (Å²) in [5, 5.41) is 0. The van der Waals surface area contributed by atoms with Crippen LogP contribution in [0.25, 0.3) is 0 Å². The molecule has 4 heteroatoms. The molecule has 0 aromatic carbocycles. The Balaban J connectivity index is 2.97. The van der Waals surface area contributed by atoms with Gasteiger partial charge < -0.3 is 9.47 Å². The van der Waals surface area contributed by atoms with Gasteiger partial charge in [-0.1, -0.05) is 111 Å². The van der Waals surface area contributed by atoms with E-state index in [2.05, 4.69) is 35.4 Å². The maximum atomic E-state index is 5.38. The molecule has 0 aliphatic heterocycles. The maximum absolute atomic E-state index is 5.38. The Morgan fingerprint density at radius 2 is 0.633 bits per heavy atom. The molecule has 0 N–H and O–H groups in total. The third kappa shape index (κ3) is 28.6. The first-order chi connectivity index (χ1) is 14.9. The molecule has 0 saturated heterocycles. The Labute approximate surface area is 198 Å². The van der Waals surface area contributed by atoms with Gasteiger partial charge in [-0.2, -0.15) is 0 Å². The van der Waals surface area contributed by atoms with E-state index in [1.54, 1.807) is 0 Å². The van der Waals surface area contributed by atoms with E-state index in [-0.39, 0.29) is 0 Å². The smallest absolute Gasteiger partial charge is 0.0465 e. The van der Waals surface area contributed by atoms with E-state index in [1.165, 1.54) is 127 Å². The molecule has 0 saturated carbocycles. The van der Waals surface area contributed by atoms with E-state index in [0.717, 1.165) is 26.4 Å². The Morgan fingerprint density at radius 1 is 0.367 bits per heavy atom. The number of ether oxygens (including phenoxy) is 2. The summed E-state index contributed by atoms with van der Waals surface area (Å²) < 4.78 is 10.8. The molecular formula is C26H54O2S2. The maximum Gasteiger partial charge on any atom is 0.0465 e. The second-order valence-electron chi connectivity index (χ2n) is 8.40. The molecular weight excluding hydrogens is 408 g/mol. The molecule has 0 atom stereocenters. The average molecular weight is 463 g/mol. The first kappa shape index (κ1) is 30.6. The summed E-state index contributed by atoms with van der Waals surface area (Å²) in [6.07, 6.45) is 25.2. The van der Waals surface area contributed by atoms with Crippen LogP contribution in [0.1, 0.15) is 129 Å². The molecule has 0 rings (SSSR count). The fourth-order valence-corrected chi connectivity index (χ4v) is 5.91. The minimum atomic E-state index is 0.868. The summed E-state index contributed by atoms with van der Waals surface area (Å²) in [5.74, 6) is 2.71. The van der Waals surface area contributed by atoms with Gasteiger partial charge in [0, 0.05) is 37.9 Å². The molecule has 0 aromatic heterocycles. The highest BCUT2D eigenvalue weighted by atomic mass is 33.1. The Hall–Kier alpha value is 0.620. The molecule has 0 spiro atoms. The van der Waals surface area contributed by atoms with Crippen molar-refractivity contribution in [2.75, 3.05) is 37.9 Å². The highest BCUT2D eigenvalue weighted by Crippen LogP contribution is 2.25. The van der Waals surface area contributed by atoms with Crippen LogP contribution in [0.15, 0.2) is 0 Å². The van der Waals surface area contributed by atoms with Crippen LogP contribution in [0.5, 0.6) is 0 Å². The largest absolute Gasteiger partial charge is 0.382 e. The first-order valence-electron chi connectivity index (χ1n) is 13.3. The van der Waals surface area contributed by atoms with E-state index >= 15 is 0 Å². The molecule has 0 unspecified atom stereocenters. The molecule has 0 amide bonds. The fourth-order valence-electron chi connectivity index (χ4n) is 3.61. The molecule has 0 bridgehead atoms. The summed E-state index contributed by atoms with van der Waals surface area (Å²) in [6, 6.07) is 0. The van der Waals surface area contributed by atoms with Crippen molar-refractivity contribution in [2.45, 2.75) is 129 Å². The van der Waals surface area contributed by atoms with Crippen LogP contribution in [0.4, 0.5) is 0 Å². The van der Waals surface area contributed by atoms with Crippen molar-refractivity contribution in [1.29, 1.82) is 0 Å². The third-order valence-corrected chi connectivity index (χ3v) is 8.10. The zero-order valence-corrected chi connectivity index (χ0v) is 22.2. The summed E-state index contributed by atoms with van der Waals surface area (Å²) in [5.41, 5.74) is 0. The van der Waals surface area contributed by atoms with Crippen LogP contribution in [0.2, 0.25) is 0 Å². The molecule has 0 radical (unpaired) electrons. The van der Waals surface area contributed by atoms with Gasteiger partial charge in [-0.25, -0.2) is 0 Å². The summed E-state index contributed by atoms with van der Waals surface area (Å²) in [7, 11) is 4.22. The van der Waals surface area contributed by atoms with E-state index in [9.17, 15) is 0 Å². The fraction of sp³-hybridized carbons (Fsp3) is 1.00. The van der Waals surface area contributed by atoms with Crippen molar-refractivity contribution in [3.8, 4) is 0 Å². The first-order valence-corrected chi connectivity index (χ1v) is 15.8. The normalized spacial score (nSPS) is 11.4. The molecule has 0 aliphatic rings. The lowest BCUT2D eigenvalue weighted by molar-refractivity contribution is 0.142. The van der Waals surface area contributed by atoms with E-state index < -0.39 is 0 Å². The Bertz CT molecular complexity index is 262. The van der Waals surface area contributed by atoms with E-state index in [4.69, 9.17) is 9.47 Å². The third-order valence-electron chi connectivity index (χ3n) is 5.52. The van der Waals surface area contributed by atoms with Crippen LogP contribution < -0.4 is 0 Å². The van der Waals surface area contributed by atoms with Gasteiger partial charge in [-0.15, -0.1) is 0 Å². The number of hydrogen-bond donors (Lipinski definition) is 0. The van der Waals surface area contributed by atoms with Crippen molar-refractivity contribution >= 4 is 21.6 Å². The predicted molar refractivity (Wildman–Crippen MR) is 141 cm³/mol. The topological polar surface area (TPSA) is 18.5 Å². The summed E-state index contributed by atoms with van der Waals surface area (Å²) >= 11 is 0. The lowest BCUT2D eigenvalue weighted by Gasteiger charge is -2.04. The minimum Gasteiger partial charge on any atom is -0.382 e. The minimum absolute atomic E-state index is 0.868. The quantitative estimate of drug-likeness (QED) is 0.0893. The molecule has 0 fully saturated rings. The zero-order chi connectivity index (χ0) is 21.8. The molecule has 0 heterocycles. The average Bonchev–Trinajstić information content (AvgIpc) is 2.76. The standard InChI is InChI=1S/C26H54O2S2/c1-3-27-23-19-15-11-7-5-9-13-17-21-25-29-30-26-22-18-14-10-6-8-12-16-20-24-28-4-2/h3-26H2,1-2H3. The number of hydrogen-bond acceptors (Lipinski definition) is 4. The van der Waals surface area contributed by atoms with Crippen molar-refractivity contribution in [1.82, 2.24) is 0 Å². The van der Waals surface area contributed by atoms with E-state index in [1.807, 2.05) is 0 Å². The van der Waals surface area contributed by atoms with Gasteiger partial charge in [0.2, 0.25) is 0 Å². The monoisotopic (exact) mass is 462 g/mol. The number of rotatable bonds is 27. The summed E-state index contributed by atoms with van der Waals surface area (Å²) in [4.78, 5) is 0. The van der Waals surface area contributed by atoms with Gasteiger partial charge in [-0.3, -0.25) is 0 Å². The van der Waals surface area contributed by atoms with Crippen molar-refractivity contribution in [3.05, 3.63) is 0 Å². The highest BCUT2D eigenvalue weighted by molar-refractivity contribution is 8.76. The molecule has 182 valence electrons. The molecule has 0 aliphatic carbocycles. The van der Waals surface area contributed by atoms with Crippen LogP contribution in [-0.2, 0) is 9.47 Å². The van der Waals surface area contributed by atoms with Gasteiger partial charge in [0.15, 0.2) is 0 Å². The van der Waals surface area contributed by atoms with Crippen LogP contribution in [-0.4, -0.2) is 37.9 Å². The highest BCUT2D eigenvalue weighted by Gasteiger charge is 1.96. The Kier molecular flexibility index (Phi) is 30.2. The van der Waals surface area contributed by atoms with Crippen LogP contribution in [0.3, 0.4) is 0 Å². The van der Waals surface area contributed by atoms with Crippen LogP contribution >= 0.6 is 21.6 Å². The van der Waals surface area contributed by atoms with Gasteiger partial charge in [0.1, 0.15) is 0 Å². The van der Waals surface area contributed by atoms with Crippen LogP contribution in [0, 0.1) is 0 Å². The van der Waals surface area contributed by atoms with Crippen molar-refractivity contribution in [2.24, 2.45) is 0 Å². The Morgan fingerprint density at radius 3 is 0.933 bits per heavy atom. The van der Waals surface area contributed by atoms with E-state index in [0.29, 0.717) is 0 Å². The second kappa shape index (κ2) is 29.6. The van der Waals surface area contributed by atoms with Gasteiger partial charge in [-0.05, 0) is 39.5 Å². The van der Waals surface area contributed by atoms with Gasteiger partial charge in [0.05, 0.1) is 0 Å². The van der Waals surface area contributed by atoms with Crippen molar-refractivity contribution in [3.63, 3.8) is 0 Å². The lowest BCUT2D eigenvalue weighted by atomic mass is 10.1. The zero-order valence-electron chi connectivity index (χ0n) is 20.6. The SMILES string of the molecule is CCOCCCCCCCCCCCSSCCCCCCCCCCCOCC. The van der Waals surface area contributed by atoms with Gasteiger partial charge >= 0.3 is 0 Å². The molecule has 2 nitrogen and oxygen atoms in total. The predicted octanol–water partition coefficient (Wildman–Crippen LogP) is 9.46. The van der Waals surface area contributed by atoms with Crippen molar-refractivity contribution < 1.29 is 9.47 Å². The van der Waals surface area contributed by atoms with Gasteiger partial charge in [0.25, 0.3) is 0 Å². The lowest BCUT2D eigenvalue weighted by Crippen LogP contribution is -1.92. The second-order valence-corrected chi connectivity index (χ2v) is 11.1. The molecule has 0 aromatic rings.